The number of nitrogens with one attached hydrogen (secondary N) is 1. The van der Waals surface area contributed by atoms with Crippen LogP contribution in [0.5, 0.6) is 0 Å². The molecular formula is C11H11F3N2O2. The first-order chi connectivity index (χ1) is 8.41. The van der Waals surface area contributed by atoms with Crippen LogP contribution in [0, 0.1) is 0 Å². The number of rotatable bonds is 2. The molecule has 1 fully saturated rings. The van der Waals surface area contributed by atoms with Crippen molar-refractivity contribution >= 4 is 6.09 Å². The van der Waals surface area contributed by atoms with E-state index in [0.717, 1.165) is 12.1 Å². The van der Waals surface area contributed by atoms with Crippen LogP contribution in [0.25, 0.3) is 0 Å². The Kier molecular flexibility index (Phi) is 3.16. The Bertz CT molecular complexity index is 445. The van der Waals surface area contributed by atoms with Crippen LogP contribution in [0.4, 0.5) is 18.0 Å². The van der Waals surface area contributed by atoms with Gasteiger partial charge in [-0.1, -0.05) is 12.1 Å². The van der Waals surface area contributed by atoms with E-state index in [1.807, 2.05) is 0 Å². The molecule has 0 saturated carbocycles. The Labute approximate surface area is 101 Å². The molecule has 0 aromatic heterocycles. The van der Waals surface area contributed by atoms with Gasteiger partial charge in [0, 0.05) is 6.54 Å². The Morgan fingerprint density at radius 1 is 1.28 bits per heavy atom. The third-order valence-electron chi connectivity index (χ3n) is 2.72. The molecule has 2 unspecified atom stereocenters. The van der Waals surface area contributed by atoms with Crippen LogP contribution >= 0.6 is 0 Å². The SMILES string of the molecule is NCC1NC(=O)OC1c1ccc(C(F)(F)F)cc1. The predicted octanol–water partition coefficient (Wildman–Crippen LogP) is 1.81. The van der Waals surface area contributed by atoms with Crippen molar-refractivity contribution in [2.45, 2.75) is 18.3 Å². The number of amides is 1. The molecule has 0 bridgehead atoms. The van der Waals surface area contributed by atoms with E-state index in [4.69, 9.17) is 10.5 Å². The van der Waals surface area contributed by atoms with Crippen LogP contribution in [0.1, 0.15) is 17.2 Å². The summed E-state index contributed by atoms with van der Waals surface area (Å²) in [6.07, 6.45) is -5.64. The Morgan fingerprint density at radius 3 is 2.39 bits per heavy atom. The molecule has 98 valence electrons. The molecule has 3 N–H and O–H groups in total. The van der Waals surface area contributed by atoms with E-state index in [0.29, 0.717) is 5.56 Å². The van der Waals surface area contributed by atoms with E-state index in [-0.39, 0.29) is 6.54 Å². The minimum atomic E-state index is -4.38. The third kappa shape index (κ3) is 2.40. The Morgan fingerprint density at radius 2 is 1.89 bits per heavy atom. The molecule has 1 aliphatic heterocycles. The predicted molar refractivity (Wildman–Crippen MR) is 56.6 cm³/mol. The number of hydrogen-bond acceptors (Lipinski definition) is 3. The Balaban J connectivity index is 2.22. The van der Waals surface area contributed by atoms with Crippen LogP contribution in [0.3, 0.4) is 0 Å². The average Bonchev–Trinajstić information content (AvgIpc) is 2.69. The van der Waals surface area contributed by atoms with Gasteiger partial charge in [-0.3, -0.25) is 0 Å². The molecule has 1 saturated heterocycles. The van der Waals surface area contributed by atoms with Gasteiger partial charge in [0.05, 0.1) is 11.6 Å². The van der Waals surface area contributed by atoms with E-state index >= 15 is 0 Å². The minimum Gasteiger partial charge on any atom is -0.439 e. The first-order valence-electron chi connectivity index (χ1n) is 5.26. The normalized spacial score (nSPS) is 23.7. The van der Waals surface area contributed by atoms with E-state index in [2.05, 4.69) is 5.32 Å². The molecule has 1 aliphatic rings. The first-order valence-corrected chi connectivity index (χ1v) is 5.26. The lowest BCUT2D eigenvalue weighted by molar-refractivity contribution is -0.137. The van der Waals surface area contributed by atoms with Gasteiger partial charge in [0.25, 0.3) is 0 Å². The van der Waals surface area contributed by atoms with E-state index in [1.54, 1.807) is 0 Å². The molecule has 4 nitrogen and oxygen atoms in total. The molecule has 2 rings (SSSR count). The van der Waals surface area contributed by atoms with Crippen molar-refractivity contribution in [1.82, 2.24) is 5.32 Å². The van der Waals surface area contributed by atoms with Gasteiger partial charge in [-0.05, 0) is 17.7 Å². The van der Waals surface area contributed by atoms with Crippen molar-refractivity contribution in [2.75, 3.05) is 6.54 Å². The number of alkyl carbamates (subject to hydrolysis) is 1. The van der Waals surface area contributed by atoms with E-state index in [1.165, 1.54) is 12.1 Å². The molecule has 2 atom stereocenters. The molecule has 0 radical (unpaired) electrons. The fourth-order valence-electron chi connectivity index (χ4n) is 1.80. The highest BCUT2D eigenvalue weighted by Crippen LogP contribution is 2.32. The zero-order chi connectivity index (χ0) is 13.3. The summed E-state index contributed by atoms with van der Waals surface area (Å²) in [6, 6.07) is 4.06. The number of cyclic esters (lactones) is 1. The summed E-state index contributed by atoms with van der Waals surface area (Å²) in [5.74, 6) is 0. The van der Waals surface area contributed by atoms with Gasteiger partial charge in [0.15, 0.2) is 6.10 Å². The molecule has 1 heterocycles. The molecule has 7 heteroatoms. The van der Waals surface area contributed by atoms with E-state index < -0.39 is 30.0 Å². The molecular weight excluding hydrogens is 249 g/mol. The number of nitrogens with two attached hydrogens (primary N) is 1. The van der Waals surface area contributed by atoms with Gasteiger partial charge < -0.3 is 15.8 Å². The van der Waals surface area contributed by atoms with Gasteiger partial charge in [0.2, 0.25) is 0 Å². The summed E-state index contributed by atoms with van der Waals surface area (Å²) < 4.78 is 42.1. The van der Waals surface area contributed by atoms with Crippen molar-refractivity contribution in [3.63, 3.8) is 0 Å². The lowest BCUT2D eigenvalue weighted by atomic mass is 10.0. The number of hydrogen-bond donors (Lipinski definition) is 2. The highest BCUT2D eigenvalue weighted by Gasteiger charge is 2.35. The van der Waals surface area contributed by atoms with Gasteiger partial charge >= 0.3 is 12.3 Å². The highest BCUT2D eigenvalue weighted by atomic mass is 19.4. The Hall–Kier alpha value is -1.76. The zero-order valence-electron chi connectivity index (χ0n) is 9.20. The van der Waals surface area contributed by atoms with Gasteiger partial charge in [-0.2, -0.15) is 13.2 Å². The number of halogens is 3. The molecule has 1 aromatic carbocycles. The van der Waals surface area contributed by atoms with Crippen LogP contribution in [0.15, 0.2) is 24.3 Å². The summed E-state index contributed by atoms with van der Waals surface area (Å²) in [5.41, 5.74) is 5.19. The monoisotopic (exact) mass is 260 g/mol. The van der Waals surface area contributed by atoms with Crippen molar-refractivity contribution in [3.8, 4) is 0 Å². The summed E-state index contributed by atoms with van der Waals surface area (Å²) in [5, 5.41) is 2.49. The standard InChI is InChI=1S/C11H11F3N2O2/c12-11(13,14)7-3-1-6(2-4-7)9-8(5-15)16-10(17)18-9/h1-4,8-9H,5,15H2,(H,16,17). The fraction of sp³-hybridized carbons (Fsp3) is 0.364. The van der Waals surface area contributed by atoms with Crippen LogP contribution in [0.2, 0.25) is 0 Å². The zero-order valence-corrected chi connectivity index (χ0v) is 9.20. The quantitative estimate of drug-likeness (QED) is 0.852. The van der Waals surface area contributed by atoms with Crippen LogP contribution in [-0.4, -0.2) is 18.7 Å². The van der Waals surface area contributed by atoms with Gasteiger partial charge in [-0.25, -0.2) is 4.79 Å². The second-order valence-electron chi connectivity index (χ2n) is 3.93. The molecule has 1 aromatic rings. The van der Waals surface area contributed by atoms with Gasteiger partial charge in [-0.15, -0.1) is 0 Å². The van der Waals surface area contributed by atoms with Crippen molar-refractivity contribution in [2.24, 2.45) is 5.73 Å². The smallest absolute Gasteiger partial charge is 0.416 e. The number of ether oxygens (including phenoxy) is 1. The van der Waals surface area contributed by atoms with Crippen LogP contribution < -0.4 is 11.1 Å². The second-order valence-corrected chi connectivity index (χ2v) is 3.93. The van der Waals surface area contributed by atoms with Crippen molar-refractivity contribution in [1.29, 1.82) is 0 Å². The largest absolute Gasteiger partial charge is 0.439 e. The highest BCUT2D eigenvalue weighted by molar-refractivity contribution is 5.70. The number of carbonyl (C=O) groups is 1. The average molecular weight is 260 g/mol. The van der Waals surface area contributed by atoms with Crippen molar-refractivity contribution < 1.29 is 22.7 Å². The summed E-state index contributed by atoms with van der Waals surface area (Å²) >= 11 is 0. The molecule has 0 aliphatic carbocycles. The van der Waals surface area contributed by atoms with Gasteiger partial charge in [0.1, 0.15) is 0 Å². The molecule has 18 heavy (non-hydrogen) atoms. The lowest BCUT2D eigenvalue weighted by Crippen LogP contribution is -2.35. The number of alkyl halides is 3. The summed E-state index contributed by atoms with van der Waals surface area (Å²) in [6.45, 7) is 0.150. The number of carbonyl (C=O) groups excluding carboxylic acids is 1. The minimum absolute atomic E-state index is 0.150. The lowest BCUT2D eigenvalue weighted by Gasteiger charge is -2.16. The second kappa shape index (κ2) is 4.49. The maximum absolute atomic E-state index is 12.4. The molecule has 1 amide bonds. The number of benzene rings is 1. The van der Waals surface area contributed by atoms with E-state index in [9.17, 15) is 18.0 Å². The topological polar surface area (TPSA) is 64.3 Å². The third-order valence-corrected chi connectivity index (χ3v) is 2.72. The first kappa shape index (κ1) is 12.7. The molecule has 0 spiro atoms. The summed E-state index contributed by atoms with van der Waals surface area (Å²) in [4.78, 5) is 11.1. The maximum atomic E-state index is 12.4. The van der Waals surface area contributed by atoms with Crippen LogP contribution in [-0.2, 0) is 10.9 Å². The fourth-order valence-corrected chi connectivity index (χ4v) is 1.80. The maximum Gasteiger partial charge on any atom is 0.416 e. The summed E-state index contributed by atoms with van der Waals surface area (Å²) in [7, 11) is 0. The van der Waals surface area contributed by atoms with Crippen molar-refractivity contribution in [3.05, 3.63) is 35.4 Å².